The molecule has 8 heavy (non-hydrogen) atoms. The molecule has 0 aromatic heterocycles. The van der Waals surface area contributed by atoms with Crippen LogP contribution in [0.15, 0.2) is 15.7 Å². The molecule has 0 unspecified atom stereocenters. The van der Waals surface area contributed by atoms with Crippen molar-refractivity contribution in [3.8, 4) is 0 Å². The van der Waals surface area contributed by atoms with Gasteiger partial charge in [0.25, 0.3) is 0 Å². The van der Waals surface area contributed by atoms with Gasteiger partial charge in [-0.15, -0.1) is 0 Å². The maximum Gasteiger partial charge on any atom is 0.0606 e. The number of halogens is 1. The van der Waals surface area contributed by atoms with Gasteiger partial charge >= 0.3 is 0 Å². The highest BCUT2D eigenvalue weighted by atomic mass is 79.9. The van der Waals surface area contributed by atoms with Gasteiger partial charge in [-0.05, 0) is 22.9 Å². The van der Waals surface area contributed by atoms with E-state index in [1.807, 2.05) is 13.0 Å². The summed E-state index contributed by atoms with van der Waals surface area (Å²) < 4.78 is 0.979. The molecule has 0 saturated heterocycles. The van der Waals surface area contributed by atoms with Crippen molar-refractivity contribution >= 4 is 22.1 Å². The van der Waals surface area contributed by atoms with Crippen molar-refractivity contribution < 1.29 is 0 Å². The van der Waals surface area contributed by atoms with Crippen LogP contribution in [0.3, 0.4) is 0 Å². The maximum atomic E-state index is 3.75. The second-order valence-electron chi connectivity index (χ2n) is 1.16. The standard InChI is InChI=1S/C5H9BrN2/c1-3-5(6)4-8-7-2/h3-4,7H,1-2H3/b5-3+,8-4-. The summed E-state index contributed by atoms with van der Waals surface area (Å²) in [6.45, 7) is 1.94. The Hall–Kier alpha value is -0.310. The normalized spacial score (nSPS) is 12.6. The van der Waals surface area contributed by atoms with E-state index < -0.39 is 0 Å². The van der Waals surface area contributed by atoms with E-state index in [1.54, 1.807) is 13.3 Å². The lowest BCUT2D eigenvalue weighted by Gasteiger charge is -1.84. The van der Waals surface area contributed by atoms with Crippen molar-refractivity contribution in [2.24, 2.45) is 5.10 Å². The summed E-state index contributed by atoms with van der Waals surface area (Å²) in [5.41, 5.74) is 2.63. The van der Waals surface area contributed by atoms with Crippen LogP contribution in [0, 0.1) is 0 Å². The fourth-order valence-electron chi connectivity index (χ4n) is 0.201. The summed E-state index contributed by atoms with van der Waals surface area (Å²) in [5.74, 6) is 0. The summed E-state index contributed by atoms with van der Waals surface area (Å²) in [6, 6.07) is 0. The van der Waals surface area contributed by atoms with E-state index in [-0.39, 0.29) is 0 Å². The van der Waals surface area contributed by atoms with Crippen LogP contribution in [0.1, 0.15) is 6.92 Å². The third-order valence-electron chi connectivity index (χ3n) is 0.593. The second-order valence-corrected chi connectivity index (χ2v) is 2.07. The summed E-state index contributed by atoms with van der Waals surface area (Å²) >= 11 is 3.25. The molecule has 0 aromatic carbocycles. The predicted molar refractivity (Wildman–Crippen MR) is 40.2 cm³/mol. The van der Waals surface area contributed by atoms with Gasteiger partial charge in [0.1, 0.15) is 0 Å². The number of nitrogens with zero attached hydrogens (tertiary/aromatic N) is 1. The topological polar surface area (TPSA) is 24.4 Å². The summed E-state index contributed by atoms with van der Waals surface area (Å²) in [6.07, 6.45) is 3.61. The Balaban J connectivity index is 3.53. The van der Waals surface area contributed by atoms with E-state index in [0.717, 1.165) is 4.48 Å². The molecule has 0 spiro atoms. The van der Waals surface area contributed by atoms with Crippen LogP contribution >= 0.6 is 15.9 Å². The molecule has 0 saturated carbocycles. The van der Waals surface area contributed by atoms with E-state index in [4.69, 9.17) is 0 Å². The molecule has 0 rings (SSSR count). The molecule has 0 amide bonds. The molecular formula is C5H9BrN2. The van der Waals surface area contributed by atoms with Crippen molar-refractivity contribution in [3.63, 3.8) is 0 Å². The molecule has 3 heteroatoms. The molecule has 0 aliphatic heterocycles. The highest BCUT2D eigenvalue weighted by Gasteiger charge is 1.76. The minimum atomic E-state index is 0.979. The van der Waals surface area contributed by atoms with Crippen molar-refractivity contribution in [3.05, 3.63) is 10.6 Å². The van der Waals surface area contributed by atoms with Gasteiger partial charge in [-0.1, -0.05) is 6.08 Å². The molecule has 0 aliphatic rings. The van der Waals surface area contributed by atoms with E-state index in [1.165, 1.54) is 0 Å². The smallest absolute Gasteiger partial charge is 0.0606 e. The molecule has 0 fully saturated rings. The van der Waals surface area contributed by atoms with Crippen molar-refractivity contribution in [2.75, 3.05) is 7.05 Å². The lowest BCUT2D eigenvalue weighted by molar-refractivity contribution is 0.908. The van der Waals surface area contributed by atoms with Crippen LogP contribution in [0.5, 0.6) is 0 Å². The third-order valence-corrected chi connectivity index (χ3v) is 1.26. The molecular weight excluding hydrogens is 168 g/mol. The number of hydrogen-bond acceptors (Lipinski definition) is 2. The lowest BCUT2D eigenvalue weighted by Crippen LogP contribution is -1.92. The number of hydrazone groups is 1. The monoisotopic (exact) mass is 176 g/mol. The Labute approximate surface area is 57.8 Å². The van der Waals surface area contributed by atoms with E-state index in [2.05, 4.69) is 26.5 Å². The Bertz CT molecular complexity index is 107. The van der Waals surface area contributed by atoms with Crippen LogP contribution in [-0.4, -0.2) is 13.3 Å². The van der Waals surface area contributed by atoms with E-state index in [9.17, 15) is 0 Å². The molecule has 0 heterocycles. The first-order valence-corrected chi connectivity index (χ1v) is 3.12. The predicted octanol–water partition coefficient (Wildman–Crippen LogP) is 1.49. The number of hydrogen-bond donors (Lipinski definition) is 1. The average molecular weight is 177 g/mol. The lowest BCUT2D eigenvalue weighted by atomic mass is 10.6. The summed E-state index contributed by atoms with van der Waals surface area (Å²) in [5, 5.41) is 3.75. The first-order valence-electron chi connectivity index (χ1n) is 2.33. The molecule has 46 valence electrons. The minimum absolute atomic E-state index is 0.979. The zero-order chi connectivity index (χ0) is 6.41. The number of nitrogens with one attached hydrogen (secondary N) is 1. The Morgan fingerprint density at radius 3 is 2.75 bits per heavy atom. The summed E-state index contributed by atoms with van der Waals surface area (Å²) in [7, 11) is 1.76. The highest BCUT2D eigenvalue weighted by Crippen LogP contribution is 1.97. The molecule has 1 N–H and O–H groups in total. The molecule has 0 bridgehead atoms. The first-order chi connectivity index (χ1) is 3.81. The summed E-state index contributed by atoms with van der Waals surface area (Å²) in [4.78, 5) is 0. The van der Waals surface area contributed by atoms with Gasteiger partial charge in [-0.2, -0.15) is 5.10 Å². The zero-order valence-corrected chi connectivity index (χ0v) is 6.57. The third kappa shape index (κ3) is 3.87. The molecule has 2 nitrogen and oxygen atoms in total. The first kappa shape index (κ1) is 7.69. The SMILES string of the molecule is C/C=C(Br)\C=N/NC. The van der Waals surface area contributed by atoms with Crippen LogP contribution in [0.4, 0.5) is 0 Å². The molecule has 0 aromatic rings. The van der Waals surface area contributed by atoms with Gasteiger partial charge in [0.05, 0.1) is 6.21 Å². The van der Waals surface area contributed by atoms with Crippen LogP contribution in [0.25, 0.3) is 0 Å². The van der Waals surface area contributed by atoms with Gasteiger partial charge in [0.2, 0.25) is 0 Å². The van der Waals surface area contributed by atoms with Crippen LogP contribution in [-0.2, 0) is 0 Å². The van der Waals surface area contributed by atoms with E-state index >= 15 is 0 Å². The van der Waals surface area contributed by atoms with Crippen molar-refractivity contribution in [2.45, 2.75) is 6.92 Å². The average Bonchev–Trinajstić information content (AvgIpc) is 1.83. The quantitative estimate of drug-likeness (QED) is 0.501. The fraction of sp³-hybridized carbons (Fsp3) is 0.400. The van der Waals surface area contributed by atoms with Crippen LogP contribution < -0.4 is 5.43 Å². The largest absolute Gasteiger partial charge is 0.313 e. The Kier molecular flexibility index (Phi) is 4.65. The Morgan fingerprint density at radius 1 is 1.75 bits per heavy atom. The Morgan fingerprint density at radius 2 is 2.38 bits per heavy atom. The zero-order valence-electron chi connectivity index (χ0n) is 4.98. The fourth-order valence-corrected chi connectivity index (χ4v) is 0.303. The maximum absolute atomic E-state index is 3.75. The highest BCUT2D eigenvalue weighted by molar-refractivity contribution is 9.12. The van der Waals surface area contributed by atoms with Gasteiger partial charge in [0.15, 0.2) is 0 Å². The van der Waals surface area contributed by atoms with Gasteiger partial charge < -0.3 is 5.43 Å². The minimum Gasteiger partial charge on any atom is -0.313 e. The second kappa shape index (κ2) is 4.84. The van der Waals surface area contributed by atoms with Gasteiger partial charge in [-0.25, -0.2) is 0 Å². The van der Waals surface area contributed by atoms with Crippen molar-refractivity contribution in [1.29, 1.82) is 0 Å². The van der Waals surface area contributed by atoms with Crippen LogP contribution in [0.2, 0.25) is 0 Å². The van der Waals surface area contributed by atoms with Crippen molar-refractivity contribution in [1.82, 2.24) is 5.43 Å². The molecule has 0 radical (unpaired) electrons. The number of allylic oxidation sites excluding steroid dienone is 2. The molecule has 0 aliphatic carbocycles. The number of rotatable bonds is 2. The van der Waals surface area contributed by atoms with Gasteiger partial charge in [-0.3, -0.25) is 0 Å². The molecule has 0 atom stereocenters. The van der Waals surface area contributed by atoms with Gasteiger partial charge in [0, 0.05) is 11.5 Å². The van der Waals surface area contributed by atoms with E-state index in [0.29, 0.717) is 0 Å².